The quantitative estimate of drug-likeness (QED) is 0.792. The van der Waals surface area contributed by atoms with Gasteiger partial charge in [-0.05, 0) is 62.5 Å². The molecule has 0 heterocycles. The first-order chi connectivity index (χ1) is 11.5. The molecule has 1 aromatic rings. The minimum atomic E-state index is -0.527. The minimum absolute atomic E-state index is 0.0923. The largest absolute Gasteiger partial charge is 0.390 e. The number of aliphatic hydroxyl groups is 1. The fourth-order valence-electron chi connectivity index (χ4n) is 5.57. The third-order valence-corrected chi connectivity index (χ3v) is 5.98. The summed E-state index contributed by atoms with van der Waals surface area (Å²) >= 11 is 0. The van der Waals surface area contributed by atoms with Crippen molar-refractivity contribution in [2.45, 2.75) is 49.7 Å². The molecule has 4 bridgehead atoms. The van der Waals surface area contributed by atoms with Crippen LogP contribution < -0.4 is 10.6 Å². The number of hydrogen-bond donors (Lipinski definition) is 3. The van der Waals surface area contributed by atoms with E-state index >= 15 is 0 Å². The molecule has 1 amide bonds. The van der Waals surface area contributed by atoms with Gasteiger partial charge in [0, 0.05) is 5.54 Å². The maximum Gasteiger partial charge on any atom is 0.238 e. The first kappa shape index (κ1) is 15.6. The second kappa shape index (κ2) is 5.58. The zero-order chi connectivity index (χ0) is 16.8. The molecule has 3 N–H and O–H groups in total. The van der Waals surface area contributed by atoms with Crippen LogP contribution >= 0.6 is 0 Å². The normalized spacial score (nSPS) is 36.3. The molecule has 5 nitrogen and oxygen atoms in total. The Morgan fingerprint density at radius 3 is 2.62 bits per heavy atom. The molecule has 2 atom stereocenters. The fraction of sp³-hybridized carbons (Fsp3) is 0.579. The summed E-state index contributed by atoms with van der Waals surface area (Å²) in [7, 11) is 0. The molecule has 1 aromatic carbocycles. The lowest BCUT2D eigenvalue weighted by Gasteiger charge is -2.60. The summed E-state index contributed by atoms with van der Waals surface area (Å²) in [5.41, 5.74) is 0.400. The van der Waals surface area contributed by atoms with Gasteiger partial charge in [0.05, 0.1) is 23.4 Å². The molecule has 4 aliphatic carbocycles. The molecule has 2 unspecified atom stereocenters. The van der Waals surface area contributed by atoms with Crippen molar-refractivity contribution in [3.63, 3.8) is 0 Å². The summed E-state index contributed by atoms with van der Waals surface area (Å²) in [6.45, 7) is 0.218. The minimum Gasteiger partial charge on any atom is -0.390 e. The highest BCUT2D eigenvalue weighted by Crippen LogP contribution is 2.57. The van der Waals surface area contributed by atoms with Crippen molar-refractivity contribution in [2.75, 3.05) is 11.9 Å². The van der Waals surface area contributed by atoms with Gasteiger partial charge in [0.1, 0.15) is 6.07 Å². The summed E-state index contributed by atoms with van der Waals surface area (Å²) < 4.78 is 0. The van der Waals surface area contributed by atoms with Gasteiger partial charge in [0.15, 0.2) is 0 Å². The van der Waals surface area contributed by atoms with E-state index in [1.807, 2.05) is 0 Å². The SMILES string of the molecule is N#Cc1ccccc1NC(=O)CNC12CC3CC(CC(O)(C3)C1)C2. The van der Waals surface area contributed by atoms with Crippen molar-refractivity contribution >= 4 is 11.6 Å². The highest BCUT2D eigenvalue weighted by Gasteiger charge is 2.56. The Bertz CT molecular complexity index is 695. The highest BCUT2D eigenvalue weighted by molar-refractivity contribution is 5.93. The van der Waals surface area contributed by atoms with E-state index < -0.39 is 5.60 Å². The zero-order valence-corrected chi connectivity index (χ0v) is 13.7. The molecule has 5 rings (SSSR count). The Kier molecular flexibility index (Phi) is 3.63. The van der Waals surface area contributed by atoms with Crippen molar-refractivity contribution in [2.24, 2.45) is 11.8 Å². The summed E-state index contributed by atoms with van der Waals surface area (Å²) in [5.74, 6) is 1.04. The van der Waals surface area contributed by atoms with Crippen LogP contribution in [0.1, 0.15) is 44.1 Å². The average Bonchev–Trinajstić information content (AvgIpc) is 2.51. The predicted octanol–water partition coefficient (Wildman–Crippen LogP) is 2.17. The van der Waals surface area contributed by atoms with Crippen LogP contribution in [0.3, 0.4) is 0 Å². The van der Waals surface area contributed by atoms with Crippen LogP contribution in [-0.2, 0) is 4.79 Å². The molecule has 4 aliphatic rings. The molecule has 5 heteroatoms. The van der Waals surface area contributed by atoms with Crippen LogP contribution in [0.4, 0.5) is 5.69 Å². The van der Waals surface area contributed by atoms with E-state index in [-0.39, 0.29) is 18.0 Å². The average molecular weight is 325 g/mol. The van der Waals surface area contributed by atoms with Crippen LogP contribution in [0.2, 0.25) is 0 Å². The van der Waals surface area contributed by atoms with Crippen molar-refractivity contribution in [3.8, 4) is 6.07 Å². The van der Waals surface area contributed by atoms with Crippen LogP contribution in [0.25, 0.3) is 0 Å². The maximum absolute atomic E-state index is 12.3. The smallest absolute Gasteiger partial charge is 0.238 e. The van der Waals surface area contributed by atoms with Gasteiger partial charge in [0.25, 0.3) is 0 Å². The van der Waals surface area contributed by atoms with Gasteiger partial charge in [-0.15, -0.1) is 0 Å². The van der Waals surface area contributed by atoms with Crippen molar-refractivity contribution in [3.05, 3.63) is 29.8 Å². The molecule has 0 spiro atoms. The summed E-state index contributed by atoms with van der Waals surface area (Å²) in [6, 6.07) is 9.10. The second-order valence-corrected chi connectivity index (χ2v) is 8.02. The van der Waals surface area contributed by atoms with Crippen molar-refractivity contribution in [1.29, 1.82) is 5.26 Å². The number of nitriles is 1. The van der Waals surface area contributed by atoms with Gasteiger partial charge in [-0.3, -0.25) is 4.79 Å². The Morgan fingerprint density at radius 2 is 1.96 bits per heavy atom. The maximum atomic E-state index is 12.3. The Balaban J connectivity index is 1.40. The molecule has 0 aromatic heterocycles. The molecule has 0 aliphatic heterocycles. The molecule has 0 saturated heterocycles. The molecular weight excluding hydrogens is 302 g/mol. The molecule has 4 fully saturated rings. The van der Waals surface area contributed by atoms with Gasteiger partial charge < -0.3 is 15.7 Å². The molecule has 24 heavy (non-hydrogen) atoms. The first-order valence-electron chi connectivity index (χ1n) is 8.76. The van der Waals surface area contributed by atoms with Crippen LogP contribution in [0.15, 0.2) is 24.3 Å². The topological polar surface area (TPSA) is 85.2 Å². The third-order valence-electron chi connectivity index (χ3n) is 5.98. The fourth-order valence-corrected chi connectivity index (χ4v) is 5.57. The molecule has 0 radical (unpaired) electrons. The number of rotatable bonds is 4. The van der Waals surface area contributed by atoms with Gasteiger partial charge in [0.2, 0.25) is 5.91 Å². The lowest BCUT2D eigenvalue weighted by Crippen LogP contribution is -2.65. The summed E-state index contributed by atoms with van der Waals surface area (Å²) in [5, 5.41) is 26.1. The van der Waals surface area contributed by atoms with Crippen LogP contribution in [0, 0.1) is 23.2 Å². The number of benzene rings is 1. The standard InChI is InChI=1S/C19H23N3O2/c20-10-15-3-1-2-4-16(15)22-17(23)11-21-18-6-13-5-14(7-18)9-19(24,8-13)12-18/h1-4,13-14,21,24H,5-9,11-12H2,(H,22,23). The second-order valence-electron chi connectivity index (χ2n) is 8.02. The van der Waals surface area contributed by atoms with Gasteiger partial charge in [-0.2, -0.15) is 5.26 Å². The predicted molar refractivity (Wildman–Crippen MR) is 90.2 cm³/mol. The monoisotopic (exact) mass is 325 g/mol. The molecular formula is C19H23N3O2. The van der Waals surface area contributed by atoms with Gasteiger partial charge in [-0.25, -0.2) is 0 Å². The zero-order valence-electron chi connectivity index (χ0n) is 13.7. The lowest BCUT2D eigenvalue weighted by atomic mass is 9.51. The molecule has 4 saturated carbocycles. The van der Waals surface area contributed by atoms with E-state index in [1.165, 1.54) is 6.42 Å². The molecule has 126 valence electrons. The third kappa shape index (κ3) is 2.81. The number of hydrogen-bond acceptors (Lipinski definition) is 4. The number of nitrogens with one attached hydrogen (secondary N) is 2. The van der Waals surface area contributed by atoms with E-state index in [4.69, 9.17) is 5.26 Å². The van der Waals surface area contributed by atoms with E-state index in [0.717, 1.165) is 32.1 Å². The Morgan fingerprint density at radius 1 is 1.25 bits per heavy atom. The Hall–Kier alpha value is -1.90. The van der Waals surface area contributed by atoms with Crippen molar-refractivity contribution in [1.82, 2.24) is 5.32 Å². The number of nitrogens with zero attached hydrogens (tertiary/aromatic N) is 1. The van der Waals surface area contributed by atoms with Crippen LogP contribution in [0.5, 0.6) is 0 Å². The van der Waals surface area contributed by atoms with E-state index in [2.05, 4.69) is 16.7 Å². The van der Waals surface area contributed by atoms with E-state index in [1.54, 1.807) is 24.3 Å². The summed E-state index contributed by atoms with van der Waals surface area (Å²) in [4.78, 5) is 12.3. The Labute approximate surface area is 142 Å². The highest BCUT2D eigenvalue weighted by atomic mass is 16.3. The number of carbonyl (C=O) groups is 1. The number of carbonyl (C=O) groups excluding carboxylic acids is 1. The number of amides is 1. The van der Waals surface area contributed by atoms with Gasteiger partial charge >= 0.3 is 0 Å². The van der Waals surface area contributed by atoms with Crippen molar-refractivity contribution < 1.29 is 9.90 Å². The number of anilines is 1. The number of para-hydroxylation sites is 1. The summed E-state index contributed by atoms with van der Waals surface area (Å²) in [6.07, 6.45) is 5.97. The lowest BCUT2D eigenvalue weighted by molar-refractivity contribution is -0.144. The van der Waals surface area contributed by atoms with E-state index in [0.29, 0.717) is 23.1 Å². The van der Waals surface area contributed by atoms with E-state index in [9.17, 15) is 9.90 Å². The van der Waals surface area contributed by atoms with Gasteiger partial charge in [-0.1, -0.05) is 12.1 Å². The van der Waals surface area contributed by atoms with Crippen LogP contribution in [-0.4, -0.2) is 28.7 Å². The first-order valence-corrected chi connectivity index (χ1v) is 8.76.